The van der Waals surface area contributed by atoms with Gasteiger partial charge in [0.15, 0.2) is 0 Å². The summed E-state index contributed by atoms with van der Waals surface area (Å²) in [5, 5.41) is 17.4. The summed E-state index contributed by atoms with van der Waals surface area (Å²) >= 11 is 0. The van der Waals surface area contributed by atoms with Gasteiger partial charge in [-0.05, 0) is 55.8 Å². The van der Waals surface area contributed by atoms with E-state index in [0.717, 1.165) is 31.6 Å². The van der Waals surface area contributed by atoms with E-state index >= 15 is 0 Å². The topological polar surface area (TPSA) is 111 Å². The molecule has 0 aromatic carbocycles. The Kier molecular flexibility index (Phi) is 6.63. The number of aromatic nitrogens is 1. The molecule has 3 heterocycles. The molecule has 0 bridgehead atoms. The molecule has 1 aromatic rings. The van der Waals surface area contributed by atoms with Gasteiger partial charge in [-0.15, -0.1) is 10.6 Å². The largest absolute Gasteiger partial charge is 0.481 e. The smallest absolute Gasteiger partial charge is 0.307 e. The molecule has 8 heteroatoms. The molecule has 27 heavy (non-hydrogen) atoms. The zero-order valence-electron chi connectivity index (χ0n) is 16.0. The van der Waals surface area contributed by atoms with Gasteiger partial charge in [-0.3, -0.25) is 15.2 Å². The quantitative estimate of drug-likeness (QED) is 0.467. The van der Waals surface area contributed by atoms with Crippen LogP contribution in [-0.4, -0.2) is 35.0 Å². The van der Waals surface area contributed by atoms with E-state index in [9.17, 15) is 9.90 Å². The third-order valence-corrected chi connectivity index (χ3v) is 5.39. The van der Waals surface area contributed by atoms with Crippen LogP contribution in [0.5, 0.6) is 0 Å². The van der Waals surface area contributed by atoms with Crippen molar-refractivity contribution in [2.24, 2.45) is 22.9 Å². The number of carbonyl (C=O) groups is 1. The van der Waals surface area contributed by atoms with Gasteiger partial charge in [0.05, 0.1) is 5.92 Å². The Labute approximate surface area is 160 Å². The molecule has 8 nitrogen and oxygen atoms in total. The molecule has 148 valence electrons. The number of nitrogens with one attached hydrogen (secondary N) is 4. The Balaban J connectivity index is 1.75. The highest BCUT2D eigenvalue weighted by atomic mass is 16.4. The average Bonchev–Trinajstić information content (AvgIpc) is 3.20. The molecule has 0 radical (unpaired) electrons. The lowest BCUT2D eigenvalue weighted by Crippen LogP contribution is -2.42. The van der Waals surface area contributed by atoms with Crippen molar-refractivity contribution in [2.75, 3.05) is 13.1 Å². The van der Waals surface area contributed by atoms with Crippen molar-refractivity contribution in [1.82, 2.24) is 26.8 Å². The van der Waals surface area contributed by atoms with Gasteiger partial charge in [-0.1, -0.05) is 19.9 Å². The number of piperidine rings is 1. The van der Waals surface area contributed by atoms with E-state index in [1.165, 1.54) is 5.56 Å². The summed E-state index contributed by atoms with van der Waals surface area (Å²) in [7, 11) is 0. The number of amidine groups is 1. The van der Waals surface area contributed by atoms with Gasteiger partial charge in [0.1, 0.15) is 5.84 Å². The highest BCUT2D eigenvalue weighted by Crippen LogP contribution is 2.27. The molecule has 0 saturated carbocycles. The molecule has 3 rings (SSSR count). The Hall–Kier alpha value is -2.19. The molecule has 2 aliphatic heterocycles. The first kappa shape index (κ1) is 19.6. The molecule has 0 unspecified atom stereocenters. The number of aliphatic carboxylic acids is 1. The molecule has 1 fully saturated rings. The Morgan fingerprint density at radius 2 is 2.07 bits per heavy atom. The van der Waals surface area contributed by atoms with Crippen LogP contribution in [0.2, 0.25) is 0 Å². The number of nitrogens with zero attached hydrogens (tertiary/aromatic N) is 2. The van der Waals surface area contributed by atoms with E-state index in [4.69, 9.17) is 0 Å². The Morgan fingerprint density at radius 3 is 2.63 bits per heavy atom. The van der Waals surface area contributed by atoms with Crippen LogP contribution < -0.4 is 21.8 Å². The van der Waals surface area contributed by atoms with Gasteiger partial charge in [-0.25, -0.2) is 5.53 Å². The minimum Gasteiger partial charge on any atom is -0.481 e. The van der Waals surface area contributed by atoms with Gasteiger partial charge in [0.25, 0.3) is 0 Å². The zero-order chi connectivity index (χ0) is 19.2. The van der Waals surface area contributed by atoms with Crippen molar-refractivity contribution in [3.05, 3.63) is 29.6 Å². The lowest BCUT2D eigenvalue weighted by Gasteiger charge is -2.25. The summed E-state index contributed by atoms with van der Waals surface area (Å²) < 4.78 is 0. The van der Waals surface area contributed by atoms with Gasteiger partial charge >= 0.3 is 5.97 Å². The highest BCUT2D eigenvalue weighted by Gasteiger charge is 2.34. The monoisotopic (exact) mass is 374 g/mol. The number of carboxylic acid groups (broad SMARTS) is 1. The highest BCUT2D eigenvalue weighted by molar-refractivity contribution is 5.89. The second kappa shape index (κ2) is 9.14. The lowest BCUT2D eigenvalue weighted by atomic mass is 9.81. The molecule has 0 aliphatic carbocycles. The van der Waals surface area contributed by atoms with Gasteiger partial charge < -0.3 is 10.4 Å². The third-order valence-electron chi connectivity index (χ3n) is 5.39. The van der Waals surface area contributed by atoms with Crippen LogP contribution in [0.25, 0.3) is 0 Å². The zero-order valence-corrected chi connectivity index (χ0v) is 16.0. The summed E-state index contributed by atoms with van der Waals surface area (Å²) in [6, 6.07) is 4.18. The van der Waals surface area contributed by atoms with E-state index in [-0.39, 0.29) is 11.8 Å². The van der Waals surface area contributed by atoms with E-state index in [0.29, 0.717) is 24.6 Å². The number of hydrazone groups is 1. The maximum Gasteiger partial charge on any atom is 0.307 e. The van der Waals surface area contributed by atoms with Crippen LogP contribution >= 0.6 is 0 Å². The summed E-state index contributed by atoms with van der Waals surface area (Å²) in [6.45, 7) is 6.18. The normalized spacial score (nSPS) is 19.9. The fourth-order valence-electron chi connectivity index (χ4n) is 3.94. The molecular formula is C19H30N6O2. The molecule has 5 N–H and O–H groups in total. The summed E-state index contributed by atoms with van der Waals surface area (Å²) in [5.41, 5.74) is 10.5. The van der Waals surface area contributed by atoms with Crippen LogP contribution in [0.15, 0.2) is 23.4 Å². The summed E-state index contributed by atoms with van der Waals surface area (Å²) in [5.74, 6) is -0.130. The number of carboxylic acids is 1. The molecule has 1 saturated heterocycles. The SMILES string of the molecule is CC(C)C[C@H](C(=O)O)[C@H](Cc1ccc(C2CCNCC2)cn1)C1=NNNN1. The summed E-state index contributed by atoms with van der Waals surface area (Å²) in [6.07, 6.45) is 5.36. The number of hydrogen-bond acceptors (Lipinski definition) is 7. The average molecular weight is 374 g/mol. The number of pyridine rings is 1. The van der Waals surface area contributed by atoms with Crippen LogP contribution in [0.1, 0.15) is 50.3 Å². The fraction of sp³-hybridized carbons (Fsp3) is 0.632. The first-order valence-corrected chi connectivity index (χ1v) is 9.76. The van der Waals surface area contributed by atoms with E-state index < -0.39 is 11.9 Å². The second-order valence-corrected chi connectivity index (χ2v) is 7.85. The van der Waals surface area contributed by atoms with Crippen molar-refractivity contribution in [3.63, 3.8) is 0 Å². The predicted molar refractivity (Wildman–Crippen MR) is 104 cm³/mol. The van der Waals surface area contributed by atoms with Crippen LogP contribution in [0.4, 0.5) is 0 Å². The van der Waals surface area contributed by atoms with Crippen LogP contribution in [-0.2, 0) is 11.2 Å². The minimum absolute atomic E-state index is 0.273. The maximum atomic E-state index is 11.9. The van der Waals surface area contributed by atoms with Crippen LogP contribution in [0, 0.1) is 17.8 Å². The first-order chi connectivity index (χ1) is 13.0. The van der Waals surface area contributed by atoms with Crippen molar-refractivity contribution >= 4 is 11.8 Å². The first-order valence-electron chi connectivity index (χ1n) is 9.76. The van der Waals surface area contributed by atoms with Crippen molar-refractivity contribution in [3.8, 4) is 0 Å². The van der Waals surface area contributed by atoms with E-state index in [2.05, 4.69) is 38.0 Å². The molecule has 2 atom stereocenters. The second-order valence-electron chi connectivity index (χ2n) is 7.85. The van der Waals surface area contributed by atoms with E-state index in [1.807, 2.05) is 26.1 Å². The molecular weight excluding hydrogens is 344 g/mol. The number of rotatable bonds is 8. The van der Waals surface area contributed by atoms with Crippen molar-refractivity contribution < 1.29 is 9.90 Å². The maximum absolute atomic E-state index is 11.9. The Bertz CT molecular complexity index is 655. The summed E-state index contributed by atoms with van der Waals surface area (Å²) in [4.78, 5) is 16.6. The van der Waals surface area contributed by atoms with Crippen molar-refractivity contribution in [2.45, 2.75) is 45.4 Å². The van der Waals surface area contributed by atoms with Gasteiger partial charge in [-0.2, -0.15) is 0 Å². The van der Waals surface area contributed by atoms with Crippen molar-refractivity contribution in [1.29, 1.82) is 0 Å². The Morgan fingerprint density at radius 1 is 1.30 bits per heavy atom. The molecule has 2 aliphatic rings. The molecule has 0 amide bonds. The third kappa shape index (κ3) is 5.17. The number of hydrazine groups is 2. The molecule has 1 aromatic heterocycles. The minimum atomic E-state index is -0.795. The molecule has 0 spiro atoms. The predicted octanol–water partition coefficient (Wildman–Crippen LogP) is 1.38. The fourth-order valence-corrected chi connectivity index (χ4v) is 3.94. The van der Waals surface area contributed by atoms with Gasteiger partial charge in [0.2, 0.25) is 0 Å². The standard InChI is InChI=1S/C19H30N6O2/c1-12(2)9-17(19(26)27)16(18-22-24-25-23-18)10-15-4-3-14(11-21-15)13-5-7-20-8-6-13/h3-4,11-13,16-17,20,24-25H,5-10H2,1-2H3,(H,22,23)(H,26,27)/t16-,17-/m0/s1. The van der Waals surface area contributed by atoms with Crippen LogP contribution in [0.3, 0.4) is 0 Å². The van der Waals surface area contributed by atoms with E-state index in [1.54, 1.807) is 0 Å². The number of hydrogen-bond donors (Lipinski definition) is 5. The lowest BCUT2D eigenvalue weighted by molar-refractivity contribution is -0.143. The van der Waals surface area contributed by atoms with Gasteiger partial charge in [0, 0.05) is 24.2 Å².